The second-order valence-corrected chi connectivity index (χ2v) is 4.61. The number of aromatic nitrogens is 1. The van der Waals surface area contributed by atoms with E-state index in [4.69, 9.17) is 5.26 Å². The monoisotopic (exact) mass is 214 g/mol. The van der Waals surface area contributed by atoms with Crippen molar-refractivity contribution < 1.29 is 0 Å². The average Bonchev–Trinajstić information content (AvgIpc) is 2.64. The SMILES string of the molecule is N#Cc1cncc(N2C[C@@H]3CNC[C@H]2C3)c1. The van der Waals surface area contributed by atoms with Gasteiger partial charge in [0.2, 0.25) is 0 Å². The van der Waals surface area contributed by atoms with Crippen molar-refractivity contribution in [2.24, 2.45) is 5.92 Å². The Bertz CT molecular complexity index is 437. The second kappa shape index (κ2) is 3.76. The quantitative estimate of drug-likeness (QED) is 0.749. The number of fused-ring (bicyclic) bond motifs is 2. The average molecular weight is 214 g/mol. The van der Waals surface area contributed by atoms with Crippen molar-refractivity contribution in [1.82, 2.24) is 10.3 Å². The van der Waals surface area contributed by atoms with Crippen LogP contribution in [0.15, 0.2) is 18.5 Å². The first-order valence-corrected chi connectivity index (χ1v) is 5.69. The van der Waals surface area contributed by atoms with Gasteiger partial charge in [-0.3, -0.25) is 4.98 Å². The molecular weight excluding hydrogens is 200 g/mol. The van der Waals surface area contributed by atoms with E-state index >= 15 is 0 Å². The number of hydrogen-bond donors (Lipinski definition) is 1. The lowest BCUT2D eigenvalue weighted by Gasteiger charge is -2.26. The van der Waals surface area contributed by atoms with E-state index in [1.807, 2.05) is 12.3 Å². The van der Waals surface area contributed by atoms with E-state index in [2.05, 4.69) is 21.3 Å². The van der Waals surface area contributed by atoms with Gasteiger partial charge in [-0.25, -0.2) is 0 Å². The first kappa shape index (κ1) is 9.61. The number of nitrogens with zero attached hydrogens (tertiary/aromatic N) is 3. The van der Waals surface area contributed by atoms with Crippen LogP contribution < -0.4 is 10.2 Å². The summed E-state index contributed by atoms with van der Waals surface area (Å²) in [4.78, 5) is 6.52. The van der Waals surface area contributed by atoms with E-state index in [0.717, 1.165) is 31.2 Å². The number of rotatable bonds is 1. The van der Waals surface area contributed by atoms with Crippen LogP contribution in [-0.4, -0.2) is 30.7 Å². The van der Waals surface area contributed by atoms with Crippen molar-refractivity contribution >= 4 is 5.69 Å². The van der Waals surface area contributed by atoms with Crippen LogP contribution in [0.2, 0.25) is 0 Å². The van der Waals surface area contributed by atoms with E-state index in [1.54, 1.807) is 6.20 Å². The Morgan fingerprint density at radius 2 is 2.38 bits per heavy atom. The molecule has 82 valence electrons. The third-order valence-corrected chi connectivity index (χ3v) is 3.50. The number of hydrogen-bond acceptors (Lipinski definition) is 4. The Balaban J connectivity index is 1.89. The second-order valence-electron chi connectivity index (χ2n) is 4.61. The molecule has 1 aromatic rings. The number of anilines is 1. The van der Waals surface area contributed by atoms with Crippen molar-refractivity contribution in [2.45, 2.75) is 12.5 Å². The maximum absolute atomic E-state index is 8.87. The van der Waals surface area contributed by atoms with Gasteiger partial charge in [0.05, 0.1) is 17.4 Å². The molecule has 2 aliphatic heterocycles. The highest BCUT2D eigenvalue weighted by Crippen LogP contribution is 2.30. The third kappa shape index (κ3) is 1.54. The van der Waals surface area contributed by atoms with E-state index < -0.39 is 0 Å². The number of nitrogens with one attached hydrogen (secondary N) is 1. The standard InChI is InChI=1S/C12H14N4/c13-3-9-1-11(6-14-4-9)16-8-10-2-12(16)7-15-5-10/h1,4,6,10,12,15H,2,5,7-8H2/t10-,12+/m0/s1. The summed E-state index contributed by atoms with van der Waals surface area (Å²) >= 11 is 0. The predicted octanol–water partition coefficient (Wildman–Crippen LogP) is 0.751. The lowest BCUT2D eigenvalue weighted by atomic mass is 10.0. The van der Waals surface area contributed by atoms with Gasteiger partial charge in [-0.2, -0.15) is 5.26 Å². The minimum Gasteiger partial charge on any atom is -0.366 e. The number of piperidine rings is 1. The van der Waals surface area contributed by atoms with E-state index in [1.165, 1.54) is 6.42 Å². The molecule has 4 nitrogen and oxygen atoms in total. The molecule has 0 amide bonds. The molecule has 2 bridgehead atoms. The Labute approximate surface area is 94.9 Å². The van der Waals surface area contributed by atoms with E-state index in [0.29, 0.717) is 11.6 Å². The zero-order valence-electron chi connectivity index (χ0n) is 9.06. The molecule has 2 fully saturated rings. The van der Waals surface area contributed by atoms with Gasteiger partial charge >= 0.3 is 0 Å². The zero-order valence-corrected chi connectivity index (χ0v) is 9.06. The Morgan fingerprint density at radius 3 is 3.19 bits per heavy atom. The summed E-state index contributed by atoms with van der Waals surface area (Å²) in [6.07, 6.45) is 4.75. The largest absolute Gasteiger partial charge is 0.366 e. The maximum Gasteiger partial charge on any atom is 0.101 e. The molecule has 3 rings (SSSR count). The lowest BCUT2D eigenvalue weighted by Crippen LogP contribution is -2.39. The molecule has 0 aliphatic carbocycles. The highest BCUT2D eigenvalue weighted by molar-refractivity contribution is 5.51. The molecule has 0 aromatic carbocycles. The molecule has 4 heteroatoms. The molecule has 0 unspecified atom stereocenters. The molecule has 3 heterocycles. The highest BCUT2D eigenvalue weighted by atomic mass is 15.2. The van der Waals surface area contributed by atoms with Crippen molar-refractivity contribution in [3.8, 4) is 6.07 Å². The van der Waals surface area contributed by atoms with Gasteiger partial charge in [0.25, 0.3) is 0 Å². The predicted molar refractivity (Wildman–Crippen MR) is 61.1 cm³/mol. The normalized spacial score (nSPS) is 27.8. The molecule has 0 spiro atoms. The summed E-state index contributed by atoms with van der Waals surface area (Å²) < 4.78 is 0. The van der Waals surface area contributed by atoms with Crippen LogP contribution in [0, 0.1) is 17.2 Å². The maximum atomic E-state index is 8.87. The van der Waals surface area contributed by atoms with Crippen molar-refractivity contribution in [2.75, 3.05) is 24.5 Å². The van der Waals surface area contributed by atoms with Gasteiger partial charge in [-0.05, 0) is 24.9 Å². The van der Waals surface area contributed by atoms with Gasteiger partial charge in [0, 0.05) is 25.3 Å². The van der Waals surface area contributed by atoms with Gasteiger partial charge in [0.15, 0.2) is 0 Å². The molecule has 2 aliphatic rings. The number of pyridine rings is 1. The lowest BCUT2D eigenvalue weighted by molar-refractivity contribution is 0.434. The van der Waals surface area contributed by atoms with Crippen molar-refractivity contribution in [3.05, 3.63) is 24.0 Å². The molecule has 2 atom stereocenters. The van der Waals surface area contributed by atoms with Crippen molar-refractivity contribution in [3.63, 3.8) is 0 Å². The topological polar surface area (TPSA) is 52.0 Å². The van der Waals surface area contributed by atoms with Crippen LogP contribution in [0.4, 0.5) is 5.69 Å². The third-order valence-electron chi connectivity index (χ3n) is 3.50. The van der Waals surface area contributed by atoms with Crippen LogP contribution in [-0.2, 0) is 0 Å². The molecule has 1 N–H and O–H groups in total. The smallest absolute Gasteiger partial charge is 0.101 e. The summed E-state index contributed by atoms with van der Waals surface area (Å²) in [5.41, 5.74) is 1.74. The Kier molecular flexibility index (Phi) is 2.26. The van der Waals surface area contributed by atoms with Crippen LogP contribution in [0.3, 0.4) is 0 Å². The Hall–Kier alpha value is -1.60. The molecular formula is C12H14N4. The molecule has 16 heavy (non-hydrogen) atoms. The molecule has 2 saturated heterocycles. The molecule has 0 radical (unpaired) electrons. The minimum atomic E-state index is 0.578. The van der Waals surface area contributed by atoms with Crippen LogP contribution in [0.5, 0.6) is 0 Å². The Morgan fingerprint density at radius 1 is 1.44 bits per heavy atom. The fourth-order valence-corrected chi connectivity index (χ4v) is 2.77. The molecule has 0 saturated carbocycles. The highest BCUT2D eigenvalue weighted by Gasteiger charge is 2.35. The van der Waals surface area contributed by atoms with Crippen LogP contribution in [0.25, 0.3) is 0 Å². The summed E-state index contributed by atoms with van der Waals surface area (Å²) in [5.74, 6) is 0.754. The number of nitriles is 1. The molecule has 1 aromatic heterocycles. The fraction of sp³-hybridized carbons (Fsp3) is 0.500. The van der Waals surface area contributed by atoms with Gasteiger partial charge < -0.3 is 10.2 Å². The zero-order chi connectivity index (χ0) is 11.0. The van der Waals surface area contributed by atoms with Crippen LogP contribution >= 0.6 is 0 Å². The van der Waals surface area contributed by atoms with Gasteiger partial charge in [0.1, 0.15) is 6.07 Å². The van der Waals surface area contributed by atoms with Crippen molar-refractivity contribution in [1.29, 1.82) is 5.26 Å². The minimum absolute atomic E-state index is 0.578. The van der Waals surface area contributed by atoms with E-state index in [9.17, 15) is 0 Å². The first-order valence-electron chi connectivity index (χ1n) is 5.69. The van der Waals surface area contributed by atoms with Crippen LogP contribution in [0.1, 0.15) is 12.0 Å². The van der Waals surface area contributed by atoms with Gasteiger partial charge in [-0.1, -0.05) is 0 Å². The summed E-state index contributed by atoms with van der Waals surface area (Å²) in [6, 6.07) is 4.66. The van der Waals surface area contributed by atoms with E-state index in [-0.39, 0.29) is 0 Å². The summed E-state index contributed by atoms with van der Waals surface area (Å²) in [6.45, 7) is 3.26. The summed E-state index contributed by atoms with van der Waals surface area (Å²) in [7, 11) is 0. The van der Waals surface area contributed by atoms with Gasteiger partial charge in [-0.15, -0.1) is 0 Å². The summed E-state index contributed by atoms with van der Waals surface area (Å²) in [5, 5.41) is 12.3. The first-order chi connectivity index (χ1) is 7.86. The fourth-order valence-electron chi connectivity index (χ4n) is 2.77.